The first kappa shape index (κ1) is 29.0. The fourth-order valence-electron chi connectivity index (χ4n) is 5.25. The van der Waals surface area contributed by atoms with Crippen molar-refractivity contribution >= 4 is 52.3 Å². The molecule has 0 bridgehead atoms. The smallest absolute Gasteiger partial charge is 0.231 e. The molecule has 0 unspecified atom stereocenters. The summed E-state index contributed by atoms with van der Waals surface area (Å²) in [4.78, 5) is 17.5. The maximum Gasteiger partial charge on any atom is 0.231 e. The number of rotatable bonds is 10. The molecule has 0 atom stereocenters. The van der Waals surface area contributed by atoms with Gasteiger partial charge in [0.2, 0.25) is 5.95 Å². The Kier molecular flexibility index (Phi) is 8.57. The van der Waals surface area contributed by atoms with Crippen LogP contribution in [0.4, 0.5) is 28.8 Å². The van der Waals surface area contributed by atoms with Crippen LogP contribution in [0.2, 0.25) is 0 Å². The average Bonchev–Trinajstić information content (AvgIpc) is 3.41. The van der Waals surface area contributed by atoms with Gasteiger partial charge >= 0.3 is 0 Å². The predicted molar refractivity (Wildman–Crippen MR) is 172 cm³/mol. The van der Waals surface area contributed by atoms with Gasteiger partial charge in [0.05, 0.1) is 23.4 Å². The van der Waals surface area contributed by atoms with Gasteiger partial charge in [-0.2, -0.15) is 9.97 Å². The molecule has 0 aliphatic carbocycles. The molecule has 1 saturated heterocycles. The molecule has 0 saturated carbocycles. The van der Waals surface area contributed by atoms with Crippen LogP contribution in [-0.4, -0.2) is 73.0 Å². The number of hydrogen-bond acceptors (Lipinski definition) is 8. The Balaban J connectivity index is 1.43. The molecule has 2 aromatic carbocycles. The van der Waals surface area contributed by atoms with Crippen LogP contribution >= 0.6 is 7.14 Å². The molecule has 1 aliphatic heterocycles. The second-order valence-corrected chi connectivity index (χ2v) is 15.0. The minimum absolute atomic E-state index is 0.413. The molecule has 0 spiro atoms. The summed E-state index contributed by atoms with van der Waals surface area (Å²) in [5.74, 6) is 2.36. The van der Waals surface area contributed by atoms with E-state index in [0.29, 0.717) is 36.0 Å². The molecule has 1 aliphatic rings. The third-order valence-corrected chi connectivity index (χ3v) is 9.03. The van der Waals surface area contributed by atoms with Crippen LogP contribution in [0.5, 0.6) is 5.75 Å². The predicted octanol–water partition coefficient (Wildman–Crippen LogP) is 6.26. The highest BCUT2D eigenvalue weighted by Crippen LogP contribution is 2.39. The highest BCUT2D eigenvalue weighted by molar-refractivity contribution is 7.70. The molecule has 218 valence electrons. The Bertz CT molecular complexity index is 1540. The van der Waals surface area contributed by atoms with Gasteiger partial charge in [-0.05, 0) is 76.5 Å². The largest absolute Gasteiger partial charge is 0.491 e. The first-order valence-corrected chi connectivity index (χ1v) is 16.9. The lowest BCUT2D eigenvalue weighted by Gasteiger charge is -2.37. The SMILES string of the molecule is CC(C)COc1cc(Nc2nc(Nc3ccccc3P(C)(C)=O)c3cc[nH]c3n2)ccc1N1CCC(N(C)C)CC1. The van der Waals surface area contributed by atoms with E-state index < -0.39 is 7.14 Å². The second kappa shape index (κ2) is 12.1. The van der Waals surface area contributed by atoms with Crippen molar-refractivity contribution in [2.45, 2.75) is 32.7 Å². The summed E-state index contributed by atoms with van der Waals surface area (Å²) in [6.45, 7) is 10.5. The lowest BCUT2D eigenvalue weighted by atomic mass is 10.0. The van der Waals surface area contributed by atoms with Crippen LogP contribution in [0.15, 0.2) is 54.7 Å². The number of aromatic amines is 1. The molecule has 2 aromatic heterocycles. The van der Waals surface area contributed by atoms with E-state index in [1.807, 2.05) is 42.6 Å². The Morgan fingerprint density at radius 1 is 1.07 bits per heavy atom. The first-order valence-electron chi connectivity index (χ1n) is 14.3. The summed E-state index contributed by atoms with van der Waals surface area (Å²) in [6.07, 6.45) is 4.10. The summed E-state index contributed by atoms with van der Waals surface area (Å²) < 4.78 is 19.3. The number of nitrogens with zero attached hydrogens (tertiary/aromatic N) is 4. The average molecular weight is 576 g/mol. The van der Waals surface area contributed by atoms with Crippen LogP contribution in [-0.2, 0) is 4.57 Å². The topological polar surface area (TPSA) is 98.4 Å². The molecule has 0 radical (unpaired) electrons. The maximum atomic E-state index is 13.0. The Hall–Kier alpha value is -3.55. The van der Waals surface area contributed by atoms with E-state index in [1.165, 1.54) is 0 Å². The number of benzene rings is 2. The molecule has 41 heavy (non-hydrogen) atoms. The number of aromatic nitrogens is 3. The normalized spacial score (nSPS) is 14.7. The van der Waals surface area contributed by atoms with Gasteiger partial charge in [0.25, 0.3) is 0 Å². The van der Waals surface area contributed by atoms with Gasteiger partial charge in [0, 0.05) is 42.4 Å². The lowest BCUT2D eigenvalue weighted by molar-refractivity contribution is 0.247. The number of ether oxygens (including phenoxy) is 1. The molecule has 0 amide bonds. The fraction of sp³-hybridized carbons (Fsp3) is 0.419. The standard InChI is InChI=1S/C31H42N7O2P/c1-21(2)20-40-27-19-22(11-12-26(27)38-17-14-23(15-18-38)37(3)4)33-31-35-29-24(13-16-32-29)30(36-31)34-25-9-7-8-10-28(25)41(5,6)39/h7-13,16,19,21,23H,14-15,17-18,20H2,1-6H3,(H3,32,33,34,35,36). The molecule has 5 rings (SSSR count). The van der Waals surface area contributed by atoms with Crippen LogP contribution in [0.25, 0.3) is 11.0 Å². The van der Waals surface area contributed by atoms with E-state index in [9.17, 15) is 4.57 Å². The summed E-state index contributed by atoms with van der Waals surface area (Å²) in [6, 6.07) is 16.5. The third-order valence-electron chi connectivity index (χ3n) is 7.48. The highest BCUT2D eigenvalue weighted by Gasteiger charge is 2.23. The van der Waals surface area contributed by atoms with Gasteiger partial charge in [-0.3, -0.25) is 0 Å². The molecule has 3 heterocycles. The van der Waals surface area contributed by atoms with Crippen molar-refractivity contribution in [3.05, 3.63) is 54.7 Å². The second-order valence-electron chi connectivity index (χ2n) is 11.8. The van der Waals surface area contributed by atoms with Crippen LogP contribution < -0.4 is 25.6 Å². The number of fused-ring (bicyclic) bond motifs is 1. The van der Waals surface area contributed by atoms with Gasteiger partial charge in [-0.25, -0.2) is 0 Å². The minimum Gasteiger partial charge on any atom is -0.491 e. The summed E-state index contributed by atoms with van der Waals surface area (Å²) in [7, 11) is 1.83. The lowest BCUT2D eigenvalue weighted by Crippen LogP contribution is -2.42. The monoisotopic (exact) mass is 575 g/mol. The van der Waals surface area contributed by atoms with Gasteiger partial charge in [0.1, 0.15) is 24.4 Å². The Labute approximate surface area is 243 Å². The number of nitrogens with one attached hydrogen (secondary N) is 3. The molecule has 3 N–H and O–H groups in total. The summed E-state index contributed by atoms with van der Waals surface area (Å²) >= 11 is 0. The van der Waals surface area contributed by atoms with Crippen molar-refractivity contribution in [2.75, 3.05) is 62.7 Å². The molecule has 1 fully saturated rings. The minimum atomic E-state index is -2.50. The van der Waals surface area contributed by atoms with Crippen LogP contribution in [0, 0.1) is 5.92 Å². The van der Waals surface area contributed by atoms with Gasteiger partial charge in [-0.15, -0.1) is 0 Å². The molecule has 10 heteroatoms. The molecule has 9 nitrogen and oxygen atoms in total. The first-order chi connectivity index (χ1) is 19.6. The van der Waals surface area contributed by atoms with E-state index in [0.717, 1.165) is 59.4 Å². The van der Waals surface area contributed by atoms with Gasteiger partial charge in [-0.1, -0.05) is 26.0 Å². The number of piperidine rings is 1. The number of H-pyrrole nitrogens is 1. The maximum absolute atomic E-state index is 13.0. The van der Waals surface area contributed by atoms with Gasteiger partial charge in [0.15, 0.2) is 0 Å². The zero-order chi connectivity index (χ0) is 29.1. The zero-order valence-corrected chi connectivity index (χ0v) is 25.8. The fourth-order valence-corrected chi connectivity index (χ4v) is 6.40. The Morgan fingerprint density at radius 2 is 1.83 bits per heavy atom. The van der Waals surface area contributed by atoms with Crippen LogP contribution in [0.3, 0.4) is 0 Å². The summed E-state index contributed by atoms with van der Waals surface area (Å²) in [5.41, 5.74) is 3.45. The quantitative estimate of drug-likeness (QED) is 0.191. The van der Waals surface area contributed by atoms with Crippen LogP contribution in [0.1, 0.15) is 26.7 Å². The van der Waals surface area contributed by atoms with E-state index >= 15 is 0 Å². The third kappa shape index (κ3) is 6.85. The van der Waals surface area contributed by atoms with E-state index in [1.54, 1.807) is 13.3 Å². The molecular weight excluding hydrogens is 533 g/mol. The van der Waals surface area contributed by atoms with Crippen molar-refractivity contribution in [1.29, 1.82) is 0 Å². The molecular formula is C31H42N7O2P. The van der Waals surface area contributed by atoms with Crippen molar-refractivity contribution in [3.8, 4) is 5.75 Å². The van der Waals surface area contributed by atoms with Crippen molar-refractivity contribution in [3.63, 3.8) is 0 Å². The van der Waals surface area contributed by atoms with E-state index in [4.69, 9.17) is 14.7 Å². The summed E-state index contributed by atoms with van der Waals surface area (Å²) in [5, 5.41) is 8.46. The van der Waals surface area contributed by atoms with Gasteiger partial charge < -0.3 is 34.7 Å². The van der Waals surface area contributed by atoms with E-state index in [2.05, 4.69) is 65.5 Å². The zero-order valence-electron chi connectivity index (χ0n) is 24.9. The highest BCUT2D eigenvalue weighted by atomic mass is 31.2. The van der Waals surface area contributed by atoms with Crippen molar-refractivity contribution in [1.82, 2.24) is 19.9 Å². The number of anilines is 5. The Morgan fingerprint density at radius 3 is 2.54 bits per heavy atom. The van der Waals surface area contributed by atoms with E-state index in [-0.39, 0.29) is 0 Å². The number of hydrogen-bond donors (Lipinski definition) is 3. The van der Waals surface area contributed by atoms with Crippen molar-refractivity contribution in [2.24, 2.45) is 5.92 Å². The van der Waals surface area contributed by atoms with Crippen molar-refractivity contribution < 1.29 is 9.30 Å². The molecule has 4 aromatic rings. The number of para-hydroxylation sites is 1.